The Hall–Kier alpha value is -2.08. The van der Waals surface area contributed by atoms with Crippen molar-refractivity contribution >= 4 is 56.9 Å². The van der Waals surface area contributed by atoms with Gasteiger partial charge in [0, 0.05) is 5.56 Å². The maximum atomic E-state index is 12.3. The zero-order valence-corrected chi connectivity index (χ0v) is 14.8. The lowest BCUT2D eigenvalue weighted by atomic mass is 10.1. The van der Waals surface area contributed by atoms with Crippen molar-refractivity contribution in [3.8, 4) is 5.75 Å². The molecule has 0 aliphatic rings. The number of fused-ring (bicyclic) bond motifs is 1. The Morgan fingerprint density at radius 2 is 1.79 bits per heavy atom. The minimum Gasteiger partial charge on any atom is -0.507 e. The minimum absolute atomic E-state index is 0.101. The summed E-state index contributed by atoms with van der Waals surface area (Å²) in [5, 5.41) is 15.8. The quantitative estimate of drug-likeness (QED) is 0.493. The van der Waals surface area contributed by atoms with Gasteiger partial charge < -0.3 is 5.11 Å². The van der Waals surface area contributed by atoms with Crippen LogP contribution in [0.3, 0.4) is 0 Å². The van der Waals surface area contributed by atoms with Crippen LogP contribution in [0, 0.1) is 0 Å². The highest BCUT2D eigenvalue weighted by Gasteiger charge is 2.13. The summed E-state index contributed by atoms with van der Waals surface area (Å²) in [7, 11) is 0. The second-order valence-corrected chi connectivity index (χ2v) is 7.38. The molecule has 2 N–H and O–H groups in total. The number of hydrazone groups is 1. The molecule has 0 aliphatic heterocycles. The van der Waals surface area contributed by atoms with Gasteiger partial charge in [-0.25, -0.2) is 5.43 Å². The predicted molar refractivity (Wildman–Crippen MR) is 99.6 cm³/mol. The first-order valence-electron chi connectivity index (χ1n) is 6.97. The first-order chi connectivity index (χ1) is 11.5. The normalized spacial score (nSPS) is 11.7. The number of benzene rings is 2. The maximum Gasteiger partial charge on any atom is 0.275 e. The molecule has 0 fully saturated rings. The Bertz CT molecular complexity index is 966. The highest BCUT2D eigenvalue weighted by Crippen LogP contribution is 2.31. The van der Waals surface area contributed by atoms with E-state index in [1.54, 1.807) is 25.1 Å². The van der Waals surface area contributed by atoms with Crippen LogP contribution in [-0.4, -0.2) is 16.7 Å². The number of halogens is 2. The van der Waals surface area contributed by atoms with Crippen LogP contribution in [0.2, 0.25) is 8.67 Å². The fourth-order valence-electron chi connectivity index (χ4n) is 2.25. The maximum absolute atomic E-state index is 12.3. The van der Waals surface area contributed by atoms with E-state index < -0.39 is 5.91 Å². The Morgan fingerprint density at radius 3 is 2.42 bits per heavy atom. The monoisotopic (exact) mass is 378 g/mol. The molecule has 0 unspecified atom stereocenters. The molecule has 1 amide bonds. The number of rotatable bonds is 3. The highest BCUT2D eigenvalue weighted by atomic mass is 35.5. The van der Waals surface area contributed by atoms with Crippen LogP contribution >= 0.6 is 34.5 Å². The molecule has 3 aromatic rings. The van der Waals surface area contributed by atoms with E-state index in [0.717, 1.165) is 10.8 Å². The molecule has 4 nitrogen and oxygen atoms in total. The van der Waals surface area contributed by atoms with Crippen molar-refractivity contribution in [2.75, 3.05) is 0 Å². The summed E-state index contributed by atoms with van der Waals surface area (Å²) in [6.07, 6.45) is 0. The Balaban J connectivity index is 1.86. The van der Waals surface area contributed by atoms with Gasteiger partial charge in [-0.15, -0.1) is 11.3 Å². The SMILES string of the molecule is C/C(=N\NC(=O)c1cc2ccccc2cc1O)c1cc(Cl)sc1Cl. The van der Waals surface area contributed by atoms with Gasteiger partial charge >= 0.3 is 0 Å². The number of amides is 1. The number of nitrogens with zero attached hydrogens (tertiary/aromatic N) is 1. The largest absolute Gasteiger partial charge is 0.507 e. The summed E-state index contributed by atoms with van der Waals surface area (Å²) in [4.78, 5) is 12.3. The van der Waals surface area contributed by atoms with E-state index in [2.05, 4.69) is 10.5 Å². The molecule has 2 aromatic carbocycles. The van der Waals surface area contributed by atoms with E-state index >= 15 is 0 Å². The van der Waals surface area contributed by atoms with Crippen molar-refractivity contribution in [2.24, 2.45) is 5.10 Å². The predicted octanol–water partition coefficient (Wildman–Crippen LogP) is 5.07. The van der Waals surface area contributed by atoms with Gasteiger partial charge in [0.25, 0.3) is 5.91 Å². The summed E-state index contributed by atoms with van der Waals surface area (Å²) in [6, 6.07) is 12.3. The van der Waals surface area contributed by atoms with E-state index in [1.807, 2.05) is 24.3 Å². The van der Waals surface area contributed by atoms with Crippen LogP contribution in [-0.2, 0) is 0 Å². The van der Waals surface area contributed by atoms with Gasteiger partial charge in [0.05, 0.1) is 15.6 Å². The number of thiophene rings is 1. The zero-order valence-electron chi connectivity index (χ0n) is 12.5. The van der Waals surface area contributed by atoms with Crippen LogP contribution in [0.15, 0.2) is 47.6 Å². The van der Waals surface area contributed by atoms with Gasteiger partial charge in [0.15, 0.2) is 0 Å². The summed E-state index contributed by atoms with van der Waals surface area (Å²) in [5.41, 5.74) is 3.77. The summed E-state index contributed by atoms with van der Waals surface area (Å²) in [6.45, 7) is 1.71. The van der Waals surface area contributed by atoms with Crippen LogP contribution in [0.5, 0.6) is 5.75 Å². The number of hydrogen-bond acceptors (Lipinski definition) is 4. The van der Waals surface area contributed by atoms with E-state index in [9.17, 15) is 9.90 Å². The van der Waals surface area contributed by atoms with E-state index in [1.165, 1.54) is 11.3 Å². The first-order valence-corrected chi connectivity index (χ1v) is 8.54. The smallest absolute Gasteiger partial charge is 0.275 e. The van der Waals surface area contributed by atoms with Gasteiger partial charge in [0.1, 0.15) is 10.1 Å². The number of phenols is 1. The zero-order chi connectivity index (χ0) is 17.3. The lowest BCUT2D eigenvalue weighted by Gasteiger charge is -2.06. The van der Waals surface area contributed by atoms with E-state index in [-0.39, 0.29) is 11.3 Å². The second kappa shape index (κ2) is 6.81. The lowest BCUT2D eigenvalue weighted by molar-refractivity contribution is 0.0952. The fourth-order valence-corrected chi connectivity index (χ4v) is 3.82. The molecule has 7 heteroatoms. The lowest BCUT2D eigenvalue weighted by Crippen LogP contribution is -2.19. The third kappa shape index (κ3) is 3.38. The Kier molecular flexibility index (Phi) is 4.76. The average Bonchev–Trinajstić information content (AvgIpc) is 2.90. The number of carbonyl (C=O) groups excluding carboxylic acids is 1. The summed E-state index contributed by atoms with van der Waals surface area (Å²) in [5.74, 6) is -0.606. The molecule has 24 heavy (non-hydrogen) atoms. The Morgan fingerprint density at radius 1 is 1.12 bits per heavy atom. The minimum atomic E-state index is -0.505. The molecular weight excluding hydrogens is 367 g/mol. The van der Waals surface area contributed by atoms with Gasteiger partial charge in [-0.3, -0.25) is 4.79 Å². The Labute approximate surface area is 152 Å². The topological polar surface area (TPSA) is 61.7 Å². The van der Waals surface area contributed by atoms with Gasteiger partial charge in [-0.1, -0.05) is 47.5 Å². The summed E-state index contributed by atoms with van der Waals surface area (Å²) < 4.78 is 1.05. The van der Waals surface area contributed by atoms with Crippen molar-refractivity contribution in [3.63, 3.8) is 0 Å². The third-order valence-corrected chi connectivity index (χ3v) is 4.97. The van der Waals surface area contributed by atoms with Crippen LogP contribution in [0.4, 0.5) is 0 Å². The molecule has 0 aliphatic carbocycles. The van der Waals surface area contributed by atoms with Gasteiger partial charge in [-0.05, 0) is 35.9 Å². The van der Waals surface area contributed by atoms with Crippen LogP contribution in [0.1, 0.15) is 22.8 Å². The van der Waals surface area contributed by atoms with Gasteiger partial charge in [-0.2, -0.15) is 5.10 Å². The molecule has 0 spiro atoms. The first kappa shape index (κ1) is 16.8. The fraction of sp³-hybridized carbons (Fsp3) is 0.0588. The number of hydrogen-bond donors (Lipinski definition) is 2. The molecule has 3 rings (SSSR count). The molecule has 1 aromatic heterocycles. The van der Waals surface area contributed by atoms with Crippen molar-refractivity contribution in [3.05, 3.63) is 62.3 Å². The number of nitrogens with one attached hydrogen (secondary N) is 1. The molecule has 0 bridgehead atoms. The standard InChI is InChI=1S/C17H12Cl2N2O2S/c1-9(12-8-15(18)24-16(12)19)20-21-17(23)13-6-10-4-2-3-5-11(10)7-14(13)22/h2-8,22H,1H3,(H,21,23)/b20-9+. The molecular formula is C17H12Cl2N2O2S. The molecule has 1 heterocycles. The van der Waals surface area contributed by atoms with Crippen molar-refractivity contribution < 1.29 is 9.90 Å². The van der Waals surface area contributed by atoms with Crippen molar-refractivity contribution in [1.29, 1.82) is 0 Å². The molecule has 0 radical (unpaired) electrons. The molecule has 122 valence electrons. The highest BCUT2D eigenvalue weighted by molar-refractivity contribution is 7.20. The number of aromatic hydroxyl groups is 1. The molecule has 0 atom stereocenters. The number of carbonyl (C=O) groups is 1. The van der Waals surface area contributed by atoms with Crippen LogP contribution in [0.25, 0.3) is 10.8 Å². The second-order valence-electron chi connectivity index (χ2n) is 5.09. The molecule has 0 saturated carbocycles. The van der Waals surface area contributed by atoms with Gasteiger partial charge in [0.2, 0.25) is 0 Å². The molecule has 0 saturated heterocycles. The van der Waals surface area contributed by atoms with Crippen molar-refractivity contribution in [1.82, 2.24) is 5.43 Å². The number of phenolic OH excluding ortho intramolecular Hbond substituents is 1. The summed E-state index contributed by atoms with van der Waals surface area (Å²) >= 11 is 13.2. The van der Waals surface area contributed by atoms with Crippen molar-refractivity contribution in [2.45, 2.75) is 6.92 Å². The van der Waals surface area contributed by atoms with E-state index in [4.69, 9.17) is 23.2 Å². The third-order valence-electron chi connectivity index (χ3n) is 3.48. The average molecular weight is 379 g/mol. The van der Waals surface area contributed by atoms with Crippen LogP contribution < -0.4 is 5.43 Å². The van der Waals surface area contributed by atoms with E-state index in [0.29, 0.717) is 19.9 Å².